The van der Waals surface area contributed by atoms with Crippen LogP contribution in [-0.4, -0.2) is 91.0 Å². The molecule has 23 heavy (non-hydrogen) atoms. The van der Waals surface area contributed by atoms with Gasteiger partial charge in [0.05, 0.1) is 6.10 Å². The van der Waals surface area contributed by atoms with E-state index in [0.29, 0.717) is 13.1 Å². The molecule has 0 bridgehead atoms. The largest absolute Gasteiger partial charge is 0.391 e. The van der Waals surface area contributed by atoms with Gasteiger partial charge in [-0.2, -0.15) is 0 Å². The number of aliphatic hydroxyl groups excluding tert-OH is 3. The Labute approximate surface area is 163 Å². The predicted octanol–water partition coefficient (Wildman–Crippen LogP) is -1.18. The van der Waals surface area contributed by atoms with Crippen LogP contribution < -0.4 is 16.0 Å². The Morgan fingerprint density at radius 2 is 1.04 bits per heavy atom. The van der Waals surface area contributed by atoms with Gasteiger partial charge in [0, 0.05) is 52.4 Å². The summed E-state index contributed by atoms with van der Waals surface area (Å²) in [5, 5.41) is 39.0. The summed E-state index contributed by atoms with van der Waals surface area (Å²) >= 11 is 0. The van der Waals surface area contributed by atoms with Crippen molar-refractivity contribution in [1.29, 1.82) is 0 Å². The minimum atomic E-state index is -1.14. The molecule has 0 aromatic rings. The lowest BCUT2D eigenvalue weighted by molar-refractivity contribution is -0.120. The molecule has 1 saturated heterocycles. The molecule has 6 N–H and O–H groups in total. The SMILES string of the molecule is CC(O)C(O)C(O)N1CCNCCNCCNCC1.Cl.Cl.Cl.Cl. The first-order valence-electron chi connectivity index (χ1n) is 7.03. The van der Waals surface area contributed by atoms with Crippen LogP contribution in [0.1, 0.15) is 6.92 Å². The average Bonchev–Trinajstić information content (AvgIpc) is 2.37. The lowest BCUT2D eigenvalue weighted by Gasteiger charge is -2.32. The highest BCUT2D eigenvalue weighted by Crippen LogP contribution is 2.05. The molecule has 0 saturated carbocycles. The second-order valence-corrected chi connectivity index (χ2v) is 4.93. The van der Waals surface area contributed by atoms with Gasteiger partial charge < -0.3 is 31.3 Å². The van der Waals surface area contributed by atoms with Crippen LogP contribution in [0.25, 0.3) is 0 Å². The maximum atomic E-state index is 10.1. The van der Waals surface area contributed by atoms with Crippen LogP contribution in [0.2, 0.25) is 0 Å². The van der Waals surface area contributed by atoms with Crippen molar-refractivity contribution in [3.8, 4) is 0 Å². The van der Waals surface area contributed by atoms with Gasteiger partial charge in [-0.15, -0.1) is 49.6 Å². The number of nitrogens with one attached hydrogen (secondary N) is 3. The van der Waals surface area contributed by atoms with E-state index in [-0.39, 0.29) is 49.6 Å². The first kappa shape index (κ1) is 31.6. The van der Waals surface area contributed by atoms with Gasteiger partial charge in [0.1, 0.15) is 12.3 Å². The van der Waals surface area contributed by atoms with Gasteiger partial charge in [-0.3, -0.25) is 4.90 Å². The van der Waals surface area contributed by atoms with Crippen molar-refractivity contribution < 1.29 is 15.3 Å². The number of halogens is 4. The zero-order valence-corrected chi connectivity index (χ0v) is 16.6. The lowest BCUT2D eigenvalue weighted by Crippen LogP contribution is -2.52. The third-order valence-corrected chi connectivity index (χ3v) is 3.28. The molecule has 0 aromatic carbocycles. The van der Waals surface area contributed by atoms with E-state index >= 15 is 0 Å². The summed E-state index contributed by atoms with van der Waals surface area (Å²) in [7, 11) is 0. The second kappa shape index (κ2) is 19.2. The zero-order valence-electron chi connectivity index (χ0n) is 13.3. The summed E-state index contributed by atoms with van der Waals surface area (Å²) in [5.41, 5.74) is 0. The van der Waals surface area contributed by atoms with Crippen molar-refractivity contribution in [1.82, 2.24) is 20.9 Å². The van der Waals surface area contributed by atoms with E-state index < -0.39 is 18.4 Å². The summed E-state index contributed by atoms with van der Waals surface area (Å²) in [4.78, 5) is 1.78. The Morgan fingerprint density at radius 3 is 1.39 bits per heavy atom. The molecule has 3 atom stereocenters. The highest BCUT2D eigenvalue weighted by Gasteiger charge is 2.26. The van der Waals surface area contributed by atoms with Gasteiger partial charge in [-0.25, -0.2) is 0 Å². The quantitative estimate of drug-likeness (QED) is 0.341. The van der Waals surface area contributed by atoms with Gasteiger partial charge in [0.15, 0.2) is 0 Å². The fourth-order valence-electron chi connectivity index (χ4n) is 2.02. The Hall–Kier alpha value is 0.880. The van der Waals surface area contributed by atoms with E-state index in [2.05, 4.69) is 16.0 Å². The van der Waals surface area contributed by atoms with Crippen LogP contribution in [0.4, 0.5) is 0 Å². The second-order valence-electron chi connectivity index (χ2n) is 4.93. The highest BCUT2D eigenvalue weighted by molar-refractivity contribution is 5.86. The molecule has 146 valence electrons. The topological polar surface area (TPSA) is 100 Å². The van der Waals surface area contributed by atoms with Crippen LogP contribution in [0.5, 0.6) is 0 Å². The molecule has 0 radical (unpaired) electrons. The highest BCUT2D eigenvalue weighted by atomic mass is 35.5. The van der Waals surface area contributed by atoms with E-state index in [0.717, 1.165) is 39.3 Å². The third-order valence-electron chi connectivity index (χ3n) is 3.28. The van der Waals surface area contributed by atoms with Gasteiger partial charge in [-0.1, -0.05) is 0 Å². The van der Waals surface area contributed by atoms with Gasteiger partial charge >= 0.3 is 0 Å². The van der Waals surface area contributed by atoms with E-state index in [1.165, 1.54) is 6.92 Å². The molecule has 0 amide bonds. The summed E-state index contributed by atoms with van der Waals surface area (Å²) in [6.45, 7) is 7.81. The maximum absolute atomic E-state index is 10.1. The number of aliphatic hydroxyl groups is 3. The number of nitrogens with zero attached hydrogens (tertiary/aromatic N) is 1. The third kappa shape index (κ3) is 13.8. The average molecular weight is 422 g/mol. The van der Waals surface area contributed by atoms with Crippen molar-refractivity contribution in [2.24, 2.45) is 0 Å². The van der Waals surface area contributed by atoms with Crippen LogP contribution in [-0.2, 0) is 0 Å². The Bertz CT molecular complexity index is 234. The molecule has 1 heterocycles. The van der Waals surface area contributed by atoms with E-state index in [9.17, 15) is 15.3 Å². The zero-order chi connectivity index (χ0) is 14.1. The molecular formula is C12H32Cl4N4O3. The number of hydrogen-bond donors (Lipinski definition) is 6. The molecule has 3 unspecified atom stereocenters. The van der Waals surface area contributed by atoms with E-state index in [4.69, 9.17) is 0 Å². The summed E-state index contributed by atoms with van der Waals surface area (Å²) < 4.78 is 0. The monoisotopic (exact) mass is 420 g/mol. The lowest BCUT2D eigenvalue weighted by atomic mass is 10.2. The van der Waals surface area contributed by atoms with E-state index in [1.807, 2.05) is 0 Å². The van der Waals surface area contributed by atoms with Crippen molar-refractivity contribution in [3.63, 3.8) is 0 Å². The molecular weight excluding hydrogens is 390 g/mol. The molecule has 7 nitrogen and oxygen atoms in total. The van der Waals surface area contributed by atoms with Crippen molar-refractivity contribution in [2.75, 3.05) is 52.4 Å². The predicted molar refractivity (Wildman–Crippen MR) is 103 cm³/mol. The fraction of sp³-hybridized carbons (Fsp3) is 1.00. The van der Waals surface area contributed by atoms with Crippen LogP contribution in [0.15, 0.2) is 0 Å². The minimum absolute atomic E-state index is 0. The Kier molecular flexibility index (Phi) is 26.4. The molecule has 11 heteroatoms. The van der Waals surface area contributed by atoms with E-state index in [1.54, 1.807) is 4.90 Å². The number of hydrogen-bond acceptors (Lipinski definition) is 7. The molecule has 0 aromatic heterocycles. The normalized spacial score (nSPS) is 21.4. The van der Waals surface area contributed by atoms with Crippen molar-refractivity contribution in [3.05, 3.63) is 0 Å². The van der Waals surface area contributed by atoms with Gasteiger partial charge in [-0.05, 0) is 6.92 Å². The van der Waals surface area contributed by atoms with Crippen LogP contribution in [0.3, 0.4) is 0 Å². The Balaban J connectivity index is -0.000000451. The van der Waals surface area contributed by atoms with Crippen LogP contribution in [0, 0.1) is 0 Å². The Morgan fingerprint density at radius 1 is 0.696 bits per heavy atom. The minimum Gasteiger partial charge on any atom is -0.391 e. The van der Waals surface area contributed by atoms with Gasteiger partial charge in [0.25, 0.3) is 0 Å². The number of rotatable bonds is 3. The van der Waals surface area contributed by atoms with Crippen LogP contribution >= 0.6 is 49.6 Å². The molecule has 0 spiro atoms. The summed E-state index contributed by atoms with van der Waals surface area (Å²) in [5.74, 6) is 0. The van der Waals surface area contributed by atoms with Crippen molar-refractivity contribution >= 4 is 49.6 Å². The maximum Gasteiger partial charge on any atom is 0.136 e. The summed E-state index contributed by atoms with van der Waals surface area (Å²) in [6, 6.07) is 0. The molecule has 1 rings (SSSR count). The summed E-state index contributed by atoms with van der Waals surface area (Å²) in [6.07, 6.45) is -3.12. The first-order chi connectivity index (χ1) is 9.13. The smallest absolute Gasteiger partial charge is 0.136 e. The van der Waals surface area contributed by atoms with Crippen molar-refractivity contribution in [2.45, 2.75) is 25.4 Å². The van der Waals surface area contributed by atoms with Gasteiger partial charge in [0.2, 0.25) is 0 Å². The fourth-order valence-corrected chi connectivity index (χ4v) is 2.02. The molecule has 1 fully saturated rings. The molecule has 1 aliphatic rings. The molecule has 1 aliphatic heterocycles. The molecule has 0 aliphatic carbocycles. The standard InChI is InChI=1S/C12H28N4O3.4ClH/c1-10(17)11(18)12(19)16-8-6-14-4-2-13-3-5-15-7-9-16;;;;/h10-15,17-19H,2-9H2,1H3;4*1H. The first-order valence-corrected chi connectivity index (χ1v) is 7.03.